The van der Waals surface area contributed by atoms with E-state index >= 15 is 0 Å². The van der Waals surface area contributed by atoms with Crippen LogP contribution in [0.2, 0.25) is 0 Å². The number of ether oxygens (including phenoxy) is 1. The van der Waals surface area contributed by atoms with Crippen LogP contribution in [-0.2, 0) is 27.3 Å². The molecule has 0 spiro atoms. The van der Waals surface area contributed by atoms with Gasteiger partial charge in [-0.2, -0.15) is 0 Å². The van der Waals surface area contributed by atoms with Crippen molar-refractivity contribution in [3.05, 3.63) is 95.9 Å². The summed E-state index contributed by atoms with van der Waals surface area (Å²) in [7, 11) is 0. The zero-order chi connectivity index (χ0) is 18.2. The lowest BCUT2D eigenvalue weighted by Crippen LogP contribution is -2.32. The summed E-state index contributed by atoms with van der Waals surface area (Å²) in [6.07, 6.45) is 0.409. The van der Waals surface area contributed by atoms with Crippen LogP contribution in [0, 0.1) is 0 Å². The maximum absolute atomic E-state index is 12.6. The number of rotatable bonds is 7. The van der Waals surface area contributed by atoms with Gasteiger partial charge in [0.1, 0.15) is 0 Å². The van der Waals surface area contributed by atoms with Crippen molar-refractivity contribution in [3.8, 4) is 0 Å². The molecule has 3 rings (SSSR count). The minimum atomic E-state index is -1.12. The molecule has 0 fully saturated rings. The van der Waals surface area contributed by atoms with Gasteiger partial charge in [-0.05, 0) is 23.3 Å². The third kappa shape index (κ3) is 4.83. The fraction of sp³-hybridized carbons (Fsp3) is 0.143. The number of furan rings is 1. The van der Waals surface area contributed by atoms with Crippen LogP contribution >= 0.6 is 0 Å². The van der Waals surface area contributed by atoms with Crippen LogP contribution in [0.3, 0.4) is 0 Å². The minimum Gasteiger partial charge on any atom is -0.465 e. The highest BCUT2D eigenvalue weighted by molar-refractivity contribution is 5.84. The first kappa shape index (κ1) is 17.5. The molecule has 1 N–H and O–H groups in total. The molecule has 1 atom stereocenters. The first-order valence-corrected chi connectivity index (χ1v) is 8.31. The largest absolute Gasteiger partial charge is 0.465 e. The van der Waals surface area contributed by atoms with Crippen molar-refractivity contribution in [3.63, 3.8) is 0 Å². The van der Waals surface area contributed by atoms with E-state index in [1.165, 1.54) is 6.26 Å². The minimum absolute atomic E-state index is 0.0873. The number of hydrogen-bond acceptors (Lipinski definition) is 4. The van der Waals surface area contributed by atoms with E-state index in [2.05, 4.69) is 5.32 Å². The molecule has 1 heterocycles. The van der Waals surface area contributed by atoms with Crippen LogP contribution in [0.1, 0.15) is 23.0 Å². The highest BCUT2D eigenvalue weighted by Gasteiger charge is 2.27. The van der Waals surface area contributed by atoms with Crippen LogP contribution in [0.4, 0.5) is 0 Å². The number of hydrogen-bond donors (Lipinski definition) is 1. The highest BCUT2D eigenvalue weighted by Crippen LogP contribution is 2.19. The molecule has 5 heteroatoms. The summed E-state index contributed by atoms with van der Waals surface area (Å²) < 4.78 is 10.7. The SMILES string of the molecule is O=C(Cc1ccccc1)OC(C(=O)NCc1ccccc1)c1ccco1. The predicted octanol–water partition coefficient (Wildman–Crippen LogP) is 3.42. The molecule has 0 aliphatic heterocycles. The number of nitrogens with one attached hydrogen (secondary N) is 1. The van der Waals surface area contributed by atoms with Gasteiger partial charge in [-0.3, -0.25) is 9.59 Å². The molecular formula is C21H19NO4. The van der Waals surface area contributed by atoms with E-state index in [4.69, 9.17) is 9.15 Å². The van der Waals surface area contributed by atoms with Gasteiger partial charge in [-0.1, -0.05) is 60.7 Å². The molecule has 1 unspecified atom stereocenters. The molecule has 1 aromatic heterocycles. The fourth-order valence-corrected chi connectivity index (χ4v) is 2.49. The molecule has 0 saturated carbocycles. The molecular weight excluding hydrogens is 330 g/mol. The number of carbonyl (C=O) groups excluding carboxylic acids is 2. The van der Waals surface area contributed by atoms with Crippen molar-refractivity contribution in [1.29, 1.82) is 0 Å². The van der Waals surface area contributed by atoms with Crippen molar-refractivity contribution in [2.45, 2.75) is 19.1 Å². The molecule has 132 valence electrons. The number of carbonyl (C=O) groups is 2. The van der Waals surface area contributed by atoms with Gasteiger partial charge in [0.05, 0.1) is 12.7 Å². The number of amides is 1. The second-order valence-electron chi connectivity index (χ2n) is 5.75. The number of esters is 1. The molecule has 0 aliphatic rings. The third-order valence-electron chi connectivity index (χ3n) is 3.79. The Morgan fingerprint density at radius 1 is 0.885 bits per heavy atom. The van der Waals surface area contributed by atoms with Crippen molar-refractivity contribution >= 4 is 11.9 Å². The van der Waals surface area contributed by atoms with E-state index in [1.54, 1.807) is 12.1 Å². The summed E-state index contributed by atoms with van der Waals surface area (Å²) in [6.45, 7) is 0.340. The Morgan fingerprint density at radius 3 is 2.15 bits per heavy atom. The summed E-state index contributed by atoms with van der Waals surface area (Å²) in [6, 6.07) is 22.0. The Hall–Kier alpha value is -3.34. The lowest BCUT2D eigenvalue weighted by Gasteiger charge is -2.16. The predicted molar refractivity (Wildman–Crippen MR) is 96.0 cm³/mol. The molecule has 26 heavy (non-hydrogen) atoms. The summed E-state index contributed by atoms with van der Waals surface area (Å²) in [5.41, 5.74) is 1.77. The van der Waals surface area contributed by atoms with Gasteiger partial charge in [0.25, 0.3) is 5.91 Å². The topological polar surface area (TPSA) is 68.5 Å². The van der Waals surface area contributed by atoms with Crippen LogP contribution in [0.5, 0.6) is 0 Å². The van der Waals surface area contributed by atoms with Gasteiger partial charge in [0.15, 0.2) is 5.76 Å². The van der Waals surface area contributed by atoms with E-state index in [0.29, 0.717) is 6.54 Å². The van der Waals surface area contributed by atoms with Gasteiger partial charge in [0.2, 0.25) is 6.10 Å². The van der Waals surface area contributed by atoms with E-state index in [0.717, 1.165) is 11.1 Å². The van der Waals surface area contributed by atoms with Crippen LogP contribution in [0.15, 0.2) is 83.5 Å². The summed E-state index contributed by atoms with van der Waals surface area (Å²) >= 11 is 0. The van der Waals surface area contributed by atoms with Crippen molar-refractivity contribution in [1.82, 2.24) is 5.32 Å². The molecule has 5 nitrogen and oxygen atoms in total. The Balaban J connectivity index is 1.65. The monoisotopic (exact) mass is 349 g/mol. The van der Waals surface area contributed by atoms with E-state index < -0.39 is 18.0 Å². The molecule has 0 radical (unpaired) electrons. The van der Waals surface area contributed by atoms with Crippen molar-refractivity contribution < 1.29 is 18.7 Å². The second-order valence-corrected chi connectivity index (χ2v) is 5.75. The van der Waals surface area contributed by atoms with Gasteiger partial charge < -0.3 is 14.5 Å². The summed E-state index contributed by atoms with van der Waals surface area (Å²) in [4.78, 5) is 24.8. The van der Waals surface area contributed by atoms with Crippen LogP contribution in [-0.4, -0.2) is 11.9 Å². The Morgan fingerprint density at radius 2 is 1.54 bits per heavy atom. The number of benzene rings is 2. The molecule has 1 amide bonds. The van der Waals surface area contributed by atoms with Crippen LogP contribution < -0.4 is 5.32 Å². The van der Waals surface area contributed by atoms with Crippen molar-refractivity contribution in [2.75, 3.05) is 0 Å². The van der Waals surface area contributed by atoms with E-state index in [1.807, 2.05) is 60.7 Å². The van der Waals surface area contributed by atoms with Gasteiger partial charge in [-0.25, -0.2) is 0 Å². The molecule has 2 aromatic carbocycles. The zero-order valence-electron chi connectivity index (χ0n) is 14.1. The Bertz CT molecular complexity index is 829. The van der Waals surface area contributed by atoms with E-state index in [-0.39, 0.29) is 12.2 Å². The zero-order valence-corrected chi connectivity index (χ0v) is 14.1. The summed E-state index contributed by atoms with van der Waals surface area (Å²) in [5, 5.41) is 2.78. The lowest BCUT2D eigenvalue weighted by atomic mass is 10.1. The van der Waals surface area contributed by atoms with E-state index in [9.17, 15) is 9.59 Å². The average Bonchev–Trinajstić information content (AvgIpc) is 3.20. The first-order valence-electron chi connectivity index (χ1n) is 8.31. The first-order chi connectivity index (χ1) is 12.7. The molecule has 0 saturated heterocycles. The quantitative estimate of drug-likeness (QED) is 0.664. The fourth-order valence-electron chi connectivity index (χ4n) is 2.49. The smallest absolute Gasteiger partial charge is 0.311 e. The van der Waals surface area contributed by atoms with Crippen LogP contribution in [0.25, 0.3) is 0 Å². The molecule has 0 aliphatic carbocycles. The molecule has 3 aromatic rings. The van der Waals surface area contributed by atoms with Gasteiger partial charge >= 0.3 is 5.97 Å². The lowest BCUT2D eigenvalue weighted by molar-refractivity contribution is -0.157. The van der Waals surface area contributed by atoms with Crippen molar-refractivity contribution in [2.24, 2.45) is 0 Å². The Labute approximate surface area is 151 Å². The maximum Gasteiger partial charge on any atom is 0.311 e. The van der Waals surface area contributed by atoms with Gasteiger partial charge in [-0.15, -0.1) is 0 Å². The Kier molecular flexibility index (Phi) is 5.83. The highest BCUT2D eigenvalue weighted by atomic mass is 16.6. The second kappa shape index (κ2) is 8.67. The van der Waals surface area contributed by atoms with Gasteiger partial charge in [0, 0.05) is 6.54 Å². The summed E-state index contributed by atoms with van der Waals surface area (Å²) in [5.74, 6) is -0.630. The maximum atomic E-state index is 12.6. The molecule has 0 bridgehead atoms. The average molecular weight is 349 g/mol. The normalized spacial score (nSPS) is 11.5. The third-order valence-corrected chi connectivity index (χ3v) is 3.79. The standard InChI is InChI=1S/C21H19NO4/c23-19(14-16-8-3-1-4-9-16)26-20(18-12-7-13-25-18)21(24)22-15-17-10-5-2-6-11-17/h1-13,20H,14-15H2,(H,22,24).